The van der Waals surface area contributed by atoms with Crippen molar-refractivity contribution in [1.82, 2.24) is 4.72 Å². The molecule has 1 aromatic carbocycles. The van der Waals surface area contributed by atoms with Crippen molar-refractivity contribution in [2.45, 2.75) is 31.1 Å². The molecule has 2 N–H and O–H groups in total. The molecule has 0 bridgehead atoms. The van der Waals surface area contributed by atoms with Crippen LogP contribution >= 0.6 is 0 Å². The molecule has 1 fully saturated rings. The minimum absolute atomic E-state index is 0.0312. The lowest BCUT2D eigenvalue weighted by atomic mass is 10.1. The molecule has 0 heterocycles. The van der Waals surface area contributed by atoms with Crippen molar-refractivity contribution >= 4 is 10.0 Å². The summed E-state index contributed by atoms with van der Waals surface area (Å²) in [5.41, 5.74) is 1.66. The lowest BCUT2D eigenvalue weighted by molar-refractivity contribution is 0.305. The molecule has 2 rings (SSSR count). The van der Waals surface area contributed by atoms with Crippen molar-refractivity contribution in [3.8, 4) is 11.8 Å². The average molecular weight is 279 g/mol. The van der Waals surface area contributed by atoms with Gasteiger partial charge in [-0.15, -0.1) is 0 Å². The Morgan fingerprint density at radius 3 is 2.74 bits per heavy atom. The van der Waals surface area contributed by atoms with Crippen molar-refractivity contribution in [1.29, 1.82) is 0 Å². The first-order valence-corrected chi connectivity index (χ1v) is 7.84. The lowest BCUT2D eigenvalue weighted by Gasteiger charge is -2.07. The summed E-state index contributed by atoms with van der Waals surface area (Å²) < 4.78 is 26.1. The van der Waals surface area contributed by atoms with E-state index in [-0.39, 0.29) is 18.4 Å². The predicted octanol–water partition coefficient (Wildman–Crippen LogP) is 1.00. The number of hydrogen-bond acceptors (Lipinski definition) is 3. The number of sulfonamides is 1. The summed E-state index contributed by atoms with van der Waals surface area (Å²) >= 11 is 0. The van der Waals surface area contributed by atoms with Gasteiger partial charge in [0.1, 0.15) is 0 Å². The van der Waals surface area contributed by atoms with Crippen LogP contribution in [0.3, 0.4) is 0 Å². The standard InChI is InChI=1S/C14H17NO3S/c16-10-4-3-6-12-5-1-2-7-13(12)11-15-19(17,18)14-8-9-14/h1-2,5,7,14-16H,4,8-11H2. The van der Waals surface area contributed by atoms with Gasteiger partial charge in [0.15, 0.2) is 0 Å². The van der Waals surface area contributed by atoms with Crippen molar-refractivity contribution in [2.75, 3.05) is 6.61 Å². The Morgan fingerprint density at radius 2 is 2.05 bits per heavy atom. The summed E-state index contributed by atoms with van der Waals surface area (Å²) in [4.78, 5) is 0. The second-order valence-electron chi connectivity index (χ2n) is 4.50. The first kappa shape index (κ1) is 14.1. The van der Waals surface area contributed by atoms with Crippen molar-refractivity contribution in [2.24, 2.45) is 0 Å². The van der Waals surface area contributed by atoms with E-state index in [1.54, 1.807) is 0 Å². The number of aliphatic hydroxyl groups excluding tert-OH is 1. The van der Waals surface area contributed by atoms with Gasteiger partial charge < -0.3 is 5.11 Å². The summed E-state index contributed by atoms with van der Waals surface area (Å²) in [7, 11) is -3.17. The molecule has 0 amide bonds. The first-order chi connectivity index (χ1) is 9.13. The van der Waals surface area contributed by atoms with Gasteiger partial charge in [-0.1, -0.05) is 30.0 Å². The van der Waals surface area contributed by atoms with Gasteiger partial charge in [0.2, 0.25) is 10.0 Å². The SMILES string of the molecule is O=S(=O)(NCc1ccccc1C#CCCO)C1CC1. The summed E-state index contributed by atoms with van der Waals surface area (Å²) in [6.45, 7) is 0.298. The second-order valence-corrected chi connectivity index (χ2v) is 6.54. The Kier molecular flexibility index (Phi) is 4.59. The highest BCUT2D eigenvalue weighted by Crippen LogP contribution is 2.27. The molecule has 0 spiro atoms. The Bertz CT molecular complexity index is 595. The summed E-state index contributed by atoms with van der Waals surface area (Å²) in [6, 6.07) is 7.43. The smallest absolute Gasteiger partial charge is 0.214 e. The molecule has 5 heteroatoms. The normalized spacial score (nSPS) is 14.8. The van der Waals surface area contributed by atoms with E-state index >= 15 is 0 Å². The lowest BCUT2D eigenvalue weighted by Crippen LogP contribution is -2.27. The fraction of sp³-hybridized carbons (Fsp3) is 0.429. The first-order valence-electron chi connectivity index (χ1n) is 6.29. The zero-order valence-electron chi connectivity index (χ0n) is 10.6. The molecule has 1 aliphatic carbocycles. The van der Waals surface area contributed by atoms with E-state index in [1.807, 2.05) is 24.3 Å². The molecule has 102 valence electrons. The molecule has 0 saturated heterocycles. The third kappa shape index (κ3) is 4.06. The molecule has 1 aromatic rings. The van der Waals surface area contributed by atoms with Crippen LogP contribution in [-0.2, 0) is 16.6 Å². The Labute approximate surface area is 113 Å². The van der Waals surface area contributed by atoms with E-state index in [9.17, 15) is 8.42 Å². The molecule has 19 heavy (non-hydrogen) atoms. The van der Waals surface area contributed by atoms with Crippen LogP contribution in [0.2, 0.25) is 0 Å². The highest BCUT2D eigenvalue weighted by Gasteiger charge is 2.35. The van der Waals surface area contributed by atoms with E-state index < -0.39 is 10.0 Å². The molecular weight excluding hydrogens is 262 g/mol. The summed E-state index contributed by atoms with van der Waals surface area (Å²) in [6.07, 6.45) is 1.93. The van der Waals surface area contributed by atoms with Crippen molar-refractivity contribution in [3.05, 3.63) is 35.4 Å². The van der Waals surface area contributed by atoms with Gasteiger partial charge in [0.25, 0.3) is 0 Å². The maximum Gasteiger partial charge on any atom is 0.214 e. The molecule has 0 aliphatic heterocycles. The fourth-order valence-electron chi connectivity index (χ4n) is 1.68. The molecule has 0 unspecified atom stereocenters. The minimum Gasteiger partial charge on any atom is -0.395 e. The Balaban J connectivity index is 2.06. The summed E-state index contributed by atoms with van der Waals surface area (Å²) in [5.74, 6) is 5.80. The third-order valence-corrected chi connectivity index (χ3v) is 4.80. The summed E-state index contributed by atoms with van der Waals surface area (Å²) in [5, 5.41) is 8.49. The highest BCUT2D eigenvalue weighted by atomic mass is 32.2. The fourth-order valence-corrected chi connectivity index (χ4v) is 3.03. The van der Waals surface area contributed by atoms with Crippen LogP contribution in [0.4, 0.5) is 0 Å². The van der Waals surface area contributed by atoms with Gasteiger partial charge >= 0.3 is 0 Å². The number of rotatable bonds is 5. The second kappa shape index (κ2) is 6.20. The predicted molar refractivity (Wildman–Crippen MR) is 73.8 cm³/mol. The van der Waals surface area contributed by atoms with E-state index in [0.29, 0.717) is 6.42 Å². The van der Waals surface area contributed by atoms with E-state index in [0.717, 1.165) is 24.0 Å². The zero-order valence-corrected chi connectivity index (χ0v) is 11.4. The van der Waals surface area contributed by atoms with E-state index in [2.05, 4.69) is 16.6 Å². The van der Waals surface area contributed by atoms with E-state index in [1.165, 1.54) is 0 Å². The molecule has 0 radical (unpaired) electrons. The van der Waals surface area contributed by atoms with Crippen LogP contribution in [0.1, 0.15) is 30.4 Å². The van der Waals surface area contributed by atoms with Gasteiger partial charge in [0.05, 0.1) is 11.9 Å². The van der Waals surface area contributed by atoms with Crippen LogP contribution in [-0.4, -0.2) is 25.4 Å². The van der Waals surface area contributed by atoms with Gasteiger partial charge in [-0.25, -0.2) is 13.1 Å². The molecule has 4 nitrogen and oxygen atoms in total. The van der Waals surface area contributed by atoms with Crippen LogP contribution in [0.5, 0.6) is 0 Å². The number of benzene rings is 1. The van der Waals surface area contributed by atoms with Crippen LogP contribution < -0.4 is 4.72 Å². The van der Waals surface area contributed by atoms with Gasteiger partial charge in [-0.3, -0.25) is 0 Å². The van der Waals surface area contributed by atoms with Gasteiger partial charge in [-0.2, -0.15) is 0 Å². The maximum atomic E-state index is 11.8. The van der Waals surface area contributed by atoms with Gasteiger partial charge in [-0.05, 0) is 24.5 Å². The third-order valence-electron chi connectivity index (χ3n) is 2.90. The quantitative estimate of drug-likeness (QED) is 0.790. The maximum absolute atomic E-state index is 11.8. The number of hydrogen-bond donors (Lipinski definition) is 2. The van der Waals surface area contributed by atoms with Crippen LogP contribution in [0.15, 0.2) is 24.3 Å². The monoisotopic (exact) mass is 279 g/mol. The zero-order chi connectivity index (χ0) is 13.7. The molecule has 1 aliphatic rings. The minimum atomic E-state index is -3.17. The largest absolute Gasteiger partial charge is 0.395 e. The number of aliphatic hydroxyl groups is 1. The van der Waals surface area contributed by atoms with Crippen molar-refractivity contribution in [3.63, 3.8) is 0 Å². The molecular formula is C14H17NO3S. The van der Waals surface area contributed by atoms with Crippen LogP contribution in [0.25, 0.3) is 0 Å². The van der Waals surface area contributed by atoms with E-state index in [4.69, 9.17) is 5.11 Å². The topological polar surface area (TPSA) is 66.4 Å². The Morgan fingerprint density at radius 1 is 1.32 bits per heavy atom. The average Bonchev–Trinajstić information content (AvgIpc) is 3.23. The highest BCUT2D eigenvalue weighted by molar-refractivity contribution is 7.90. The molecule has 1 saturated carbocycles. The van der Waals surface area contributed by atoms with Crippen LogP contribution in [0, 0.1) is 11.8 Å². The molecule has 0 aromatic heterocycles. The van der Waals surface area contributed by atoms with Gasteiger partial charge in [0, 0.05) is 18.5 Å². The van der Waals surface area contributed by atoms with Crippen molar-refractivity contribution < 1.29 is 13.5 Å². The number of nitrogens with one attached hydrogen (secondary N) is 1. The Hall–Kier alpha value is -1.35. The molecule has 0 atom stereocenters.